The van der Waals surface area contributed by atoms with Gasteiger partial charge in [0, 0.05) is 29.0 Å². The van der Waals surface area contributed by atoms with E-state index < -0.39 is 5.97 Å². The summed E-state index contributed by atoms with van der Waals surface area (Å²) in [7, 11) is 0. The van der Waals surface area contributed by atoms with E-state index in [4.69, 9.17) is 9.47 Å². The molecule has 0 amide bonds. The summed E-state index contributed by atoms with van der Waals surface area (Å²) in [5, 5.41) is 10.1. The minimum Gasteiger partial charge on any atom is -0.493 e. The molecule has 25 heavy (non-hydrogen) atoms. The number of aromatic nitrogens is 1. The van der Waals surface area contributed by atoms with E-state index in [1.54, 1.807) is 6.07 Å². The van der Waals surface area contributed by atoms with E-state index in [9.17, 15) is 9.90 Å². The number of aromatic carboxylic acids is 1. The van der Waals surface area contributed by atoms with E-state index in [1.165, 1.54) is 0 Å². The number of rotatable bonds is 5. The number of aromatic amines is 1. The summed E-state index contributed by atoms with van der Waals surface area (Å²) in [6.07, 6.45) is 1.03. The SMILES string of the molecule is O=C(O)c1cc2c(-c3ccccc3OCC3CCOC3)cccc2[nH]1. The minimum atomic E-state index is -0.965. The van der Waals surface area contributed by atoms with Crippen LogP contribution in [0.5, 0.6) is 5.75 Å². The number of carboxylic acid groups (broad SMARTS) is 1. The lowest BCUT2D eigenvalue weighted by Crippen LogP contribution is -2.12. The molecule has 5 heteroatoms. The number of hydrogen-bond acceptors (Lipinski definition) is 3. The fourth-order valence-electron chi connectivity index (χ4n) is 3.24. The van der Waals surface area contributed by atoms with Crippen molar-refractivity contribution < 1.29 is 19.4 Å². The Morgan fingerprint density at radius 1 is 1.20 bits per heavy atom. The number of carboxylic acids is 1. The van der Waals surface area contributed by atoms with E-state index in [0.29, 0.717) is 12.5 Å². The summed E-state index contributed by atoms with van der Waals surface area (Å²) in [6, 6.07) is 15.3. The first-order valence-corrected chi connectivity index (χ1v) is 8.37. The van der Waals surface area contributed by atoms with Gasteiger partial charge in [-0.1, -0.05) is 30.3 Å². The van der Waals surface area contributed by atoms with Crippen LogP contribution in [0.1, 0.15) is 16.9 Å². The number of fused-ring (bicyclic) bond motifs is 1. The predicted octanol–water partition coefficient (Wildman–Crippen LogP) is 3.95. The lowest BCUT2D eigenvalue weighted by atomic mass is 10.0. The summed E-state index contributed by atoms with van der Waals surface area (Å²) < 4.78 is 11.5. The Bertz CT molecular complexity index is 909. The van der Waals surface area contributed by atoms with Crippen LogP contribution in [0.3, 0.4) is 0 Å². The Labute approximate surface area is 145 Å². The van der Waals surface area contributed by atoms with E-state index in [2.05, 4.69) is 4.98 Å². The van der Waals surface area contributed by atoms with Crippen LogP contribution >= 0.6 is 0 Å². The monoisotopic (exact) mass is 337 g/mol. The molecule has 3 aromatic rings. The Kier molecular flexibility index (Phi) is 4.15. The number of carbonyl (C=O) groups is 1. The normalized spacial score (nSPS) is 17.0. The van der Waals surface area contributed by atoms with Gasteiger partial charge in [0.15, 0.2) is 0 Å². The summed E-state index contributed by atoms with van der Waals surface area (Å²) in [6.45, 7) is 2.17. The van der Waals surface area contributed by atoms with Gasteiger partial charge < -0.3 is 19.6 Å². The zero-order valence-electron chi connectivity index (χ0n) is 13.7. The first-order chi connectivity index (χ1) is 12.2. The van der Waals surface area contributed by atoms with Crippen molar-refractivity contribution in [3.05, 3.63) is 54.2 Å². The molecular formula is C20H19NO4. The molecule has 0 saturated carbocycles. The molecule has 0 bridgehead atoms. The molecule has 1 saturated heterocycles. The summed E-state index contributed by atoms with van der Waals surface area (Å²) in [5.74, 6) is 0.266. The van der Waals surface area contributed by atoms with Crippen molar-refractivity contribution in [3.63, 3.8) is 0 Å². The highest BCUT2D eigenvalue weighted by Gasteiger charge is 2.18. The molecule has 0 spiro atoms. The van der Waals surface area contributed by atoms with Gasteiger partial charge in [-0.15, -0.1) is 0 Å². The summed E-state index contributed by atoms with van der Waals surface area (Å²) in [4.78, 5) is 14.2. The van der Waals surface area contributed by atoms with Crippen molar-refractivity contribution in [2.24, 2.45) is 5.92 Å². The number of H-pyrrole nitrogens is 1. The molecule has 1 unspecified atom stereocenters. The second-order valence-electron chi connectivity index (χ2n) is 6.29. The number of benzene rings is 2. The van der Waals surface area contributed by atoms with E-state index in [-0.39, 0.29) is 5.69 Å². The molecule has 1 aromatic heterocycles. The lowest BCUT2D eigenvalue weighted by Gasteiger charge is -2.14. The molecule has 2 heterocycles. The second-order valence-corrected chi connectivity index (χ2v) is 6.29. The van der Waals surface area contributed by atoms with Crippen LogP contribution in [0.15, 0.2) is 48.5 Å². The van der Waals surface area contributed by atoms with Gasteiger partial charge in [-0.3, -0.25) is 0 Å². The highest BCUT2D eigenvalue weighted by molar-refractivity contribution is 6.01. The van der Waals surface area contributed by atoms with E-state index in [1.807, 2.05) is 42.5 Å². The molecule has 0 aliphatic carbocycles. The van der Waals surface area contributed by atoms with Crippen LogP contribution < -0.4 is 4.74 Å². The minimum absolute atomic E-state index is 0.184. The third kappa shape index (κ3) is 3.10. The second kappa shape index (κ2) is 6.61. The van der Waals surface area contributed by atoms with Crippen molar-refractivity contribution in [2.75, 3.05) is 19.8 Å². The Hall–Kier alpha value is -2.79. The summed E-state index contributed by atoms with van der Waals surface area (Å²) >= 11 is 0. The van der Waals surface area contributed by atoms with Crippen LogP contribution in [-0.2, 0) is 4.74 Å². The van der Waals surface area contributed by atoms with Crippen LogP contribution in [0, 0.1) is 5.92 Å². The first kappa shape index (κ1) is 15.7. The number of para-hydroxylation sites is 1. The van der Waals surface area contributed by atoms with Gasteiger partial charge in [-0.05, 0) is 30.2 Å². The Balaban J connectivity index is 1.71. The van der Waals surface area contributed by atoms with Gasteiger partial charge in [-0.25, -0.2) is 4.79 Å². The molecule has 0 radical (unpaired) electrons. The number of hydrogen-bond donors (Lipinski definition) is 2. The molecular weight excluding hydrogens is 318 g/mol. The molecule has 1 atom stereocenters. The third-order valence-corrected chi connectivity index (χ3v) is 4.57. The molecule has 4 rings (SSSR count). The number of nitrogens with one attached hydrogen (secondary N) is 1. The first-order valence-electron chi connectivity index (χ1n) is 8.37. The molecule has 1 aliphatic rings. The van der Waals surface area contributed by atoms with E-state index in [0.717, 1.165) is 47.4 Å². The molecule has 1 fully saturated rings. The standard InChI is InChI=1S/C20H19NO4/c22-20(23)18-10-16-14(5-3-6-17(16)21-18)15-4-1-2-7-19(15)25-12-13-8-9-24-11-13/h1-7,10,13,21H,8-9,11-12H2,(H,22,23). The van der Waals surface area contributed by atoms with Gasteiger partial charge in [0.05, 0.1) is 13.2 Å². The van der Waals surface area contributed by atoms with Crippen molar-refractivity contribution in [1.82, 2.24) is 4.98 Å². The van der Waals surface area contributed by atoms with Crippen LogP contribution in [0.25, 0.3) is 22.0 Å². The van der Waals surface area contributed by atoms with Crippen molar-refractivity contribution in [1.29, 1.82) is 0 Å². The average Bonchev–Trinajstić information content (AvgIpc) is 3.29. The largest absolute Gasteiger partial charge is 0.493 e. The fourth-order valence-corrected chi connectivity index (χ4v) is 3.24. The van der Waals surface area contributed by atoms with Gasteiger partial charge in [0.1, 0.15) is 11.4 Å². The quantitative estimate of drug-likeness (QED) is 0.739. The Morgan fingerprint density at radius 3 is 2.84 bits per heavy atom. The fraction of sp³-hybridized carbons (Fsp3) is 0.250. The van der Waals surface area contributed by atoms with Crippen LogP contribution in [0.2, 0.25) is 0 Å². The van der Waals surface area contributed by atoms with Crippen LogP contribution in [0.4, 0.5) is 0 Å². The van der Waals surface area contributed by atoms with Gasteiger partial charge >= 0.3 is 5.97 Å². The van der Waals surface area contributed by atoms with Gasteiger partial charge in [0.2, 0.25) is 0 Å². The molecule has 1 aliphatic heterocycles. The maximum atomic E-state index is 11.3. The molecule has 2 N–H and O–H groups in total. The molecule has 5 nitrogen and oxygen atoms in total. The smallest absolute Gasteiger partial charge is 0.352 e. The average molecular weight is 337 g/mol. The van der Waals surface area contributed by atoms with Crippen LogP contribution in [-0.4, -0.2) is 35.9 Å². The Morgan fingerprint density at radius 2 is 2.04 bits per heavy atom. The molecule has 2 aromatic carbocycles. The highest BCUT2D eigenvalue weighted by Crippen LogP contribution is 2.35. The zero-order valence-corrected chi connectivity index (χ0v) is 13.7. The topological polar surface area (TPSA) is 71.6 Å². The van der Waals surface area contributed by atoms with Gasteiger partial charge in [0.25, 0.3) is 0 Å². The predicted molar refractivity (Wildman–Crippen MR) is 95.1 cm³/mol. The van der Waals surface area contributed by atoms with Crippen molar-refractivity contribution >= 4 is 16.9 Å². The summed E-state index contributed by atoms with van der Waals surface area (Å²) in [5.41, 5.74) is 2.90. The zero-order chi connectivity index (χ0) is 17.2. The van der Waals surface area contributed by atoms with Gasteiger partial charge in [-0.2, -0.15) is 0 Å². The third-order valence-electron chi connectivity index (χ3n) is 4.57. The highest BCUT2D eigenvalue weighted by atomic mass is 16.5. The van der Waals surface area contributed by atoms with E-state index >= 15 is 0 Å². The maximum absolute atomic E-state index is 11.3. The molecule has 128 valence electrons. The van der Waals surface area contributed by atoms with Crippen molar-refractivity contribution in [2.45, 2.75) is 6.42 Å². The maximum Gasteiger partial charge on any atom is 0.352 e. The number of ether oxygens (including phenoxy) is 2. The lowest BCUT2D eigenvalue weighted by molar-refractivity contribution is 0.0691. The van der Waals surface area contributed by atoms with Crippen molar-refractivity contribution in [3.8, 4) is 16.9 Å².